The molecule has 1 aliphatic rings. The van der Waals surface area contributed by atoms with Crippen molar-refractivity contribution in [3.8, 4) is 0 Å². The van der Waals surface area contributed by atoms with Crippen molar-refractivity contribution in [2.45, 2.75) is 31.9 Å². The molecule has 3 heteroatoms. The Hall–Kier alpha value is -0.380. The van der Waals surface area contributed by atoms with Crippen LogP contribution >= 0.6 is 15.9 Å². The van der Waals surface area contributed by atoms with Gasteiger partial charge in [-0.1, -0.05) is 35.0 Å². The summed E-state index contributed by atoms with van der Waals surface area (Å²) in [6, 6.07) is 8.39. The van der Waals surface area contributed by atoms with Gasteiger partial charge in [0.25, 0.3) is 0 Å². The number of hydrogen-bond donors (Lipinski definition) is 1. The summed E-state index contributed by atoms with van der Waals surface area (Å²) in [5.41, 5.74) is 7.53. The highest BCUT2D eigenvalue weighted by atomic mass is 79.9. The number of halogens is 1. The monoisotopic (exact) mass is 283 g/mol. The topological polar surface area (TPSA) is 35.2 Å². The molecule has 2 N–H and O–H groups in total. The first-order valence-electron chi connectivity index (χ1n) is 5.85. The van der Waals surface area contributed by atoms with Crippen molar-refractivity contribution >= 4 is 15.9 Å². The van der Waals surface area contributed by atoms with Gasteiger partial charge in [0.15, 0.2) is 0 Å². The quantitative estimate of drug-likeness (QED) is 0.924. The Labute approximate surface area is 105 Å². The van der Waals surface area contributed by atoms with Crippen LogP contribution in [0.3, 0.4) is 0 Å². The second kappa shape index (κ2) is 5.30. The van der Waals surface area contributed by atoms with Crippen molar-refractivity contribution in [2.75, 3.05) is 6.61 Å². The highest BCUT2D eigenvalue weighted by Crippen LogP contribution is 2.33. The average molecular weight is 284 g/mol. The van der Waals surface area contributed by atoms with Gasteiger partial charge in [0.1, 0.15) is 0 Å². The van der Waals surface area contributed by atoms with Crippen LogP contribution in [-0.4, -0.2) is 12.7 Å². The lowest BCUT2D eigenvalue weighted by Gasteiger charge is -2.24. The van der Waals surface area contributed by atoms with Crippen LogP contribution in [0.4, 0.5) is 0 Å². The van der Waals surface area contributed by atoms with Crippen LogP contribution in [0.5, 0.6) is 0 Å². The van der Waals surface area contributed by atoms with Crippen LogP contribution in [0.1, 0.15) is 31.4 Å². The summed E-state index contributed by atoms with van der Waals surface area (Å²) >= 11 is 3.44. The smallest absolute Gasteiger partial charge is 0.0619 e. The number of benzene rings is 1. The van der Waals surface area contributed by atoms with Crippen LogP contribution in [0.25, 0.3) is 0 Å². The second-order valence-electron chi connectivity index (χ2n) is 4.35. The maximum atomic E-state index is 6.32. The Kier molecular flexibility index (Phi) is 4.00. The van der Waals surface area contributed by atoms with E-state index in [1.807, 2.05) is 12.1 Å². The zero-order valence-corrected chi connectivity index (χ0v) is 11.1. The molecule has 0 amide bonds. The molecule has 0 aliphatic carbocycles. The minimum Gasteiger partial charge on any atom is -0.378 e. The molecule has 3 atom stereocenters. The first-order valence-corrected chi connectivity index (χ1v) is 6.64. The van der Waals surface area contributed by atoms with Crippen molar-refractivity contribution in [1.82, 2.24) is 0 Å². The van der Waals surface area contributed by atoms with Crippen LogP contribution in [0, 0.1) is 5.92 Å². The summed E-state index contributed by atoms with van der Waals surface area (Å²) in [7, 11) is 0. The Morgan fingerprint density at radius 1 is 1.44 bits per heavy atom. The maximum Gasteiger partial charge on any atom is 0.0619 e. The minimum absolute atomic E-state index is 0.0977. The van der Waals surface area contributed by atoms with E-state index in [-0.39, 0.29) is 6.04 Å². The van der Waals surface area contributed by atoms with Gasteiger partial charge in [-0.2, -0.15) is 0 Å². The SMILES string of the molecule is CCC1OCCC1C(N)c1ccc(Br)cc1. The Balaban J connectivity index is 2.12. The van der Waals surface area contributed by atoms with E-state index >= 15 is 0 Å². The third kappa shape index (κ3) is 2.47. The normalized spacial score (nSPS) is 26.9. The van der Waals surface area contributed by atoms with Crippen molar-refractivity contribution in [3.05, 3.63) is 34.3 Å². The van der Waals surface area contributed by atoms with Gasteiger partial charge in [-0.25, -0.2) is 0 Å². The molecule has 1 heterocycles. The predicted octanol–water partition coefficient (Wildman–Crippen LogP) is 3.26. The first kappa shape index (κ1) is 12.1. The lowest BCUT2D eigenvalue weighted by Crippen LogP contribution is -2.27. The summed E-state index contributed by atoms with van der Waals surface area (Å²) in [6.45, 7) is 3.02. The Morgan fingerprint density at radius 3 is 2.75 bits per heavy atom. The molecule has 0 bridgehead atoms. The average Bonchev–Trinajstić information content (AvgIpc) is 2.77. The molecule has 88 valence electrons. The molecule has 1 aromatic rings. The fraction of sp³-hybridized carbons (Fsp3) is 0.538. The zero-order chi connectivity index (χ0) is 11.5. The molecule has 1 fully saturated rings. The first-order chi connectivity index (χ1) is 7.72. The van der Waals surface area contributed by atoms with Crippen molar-refractivity contribution in [3.63, 3.8) is 0 Å². The third-order valence-corrected chi connectivity index (χ3v) is 3.91. The molecule has 16 heavy (non-hydrogen) atoms. The molecular weight excluding hydrogens is 266 g/mol. The number of hydrogen-bond acceptors (Lipinski definition) is 2. The largest absolute Gasteiger partial charge is 0.378 e. The number of ether oxygens (including phenoxy) is 1. The fourth-order valence-electron chi connectivity index (χ4n) is 2.43. The van der Waals surface area contributed by atoms with E-state index in [9.17, 15) is 0 Å². The molecule has 1 aromatic carbocycles. The molecular formula is C13H18BrNO. The summed E-state index contributed by atoms with van der Waals surface area (Å²) in [5, 5.41) is 0. The summed E-state index contributed by atoms with van der Waals surface area (Å²) in [6.07, 6.45) is 2.46. The van der Waals surface area contributed by atoms with Gasteiger partial charge in [0, 0.05) is 23.0 Å². The molecule has 3 unspecified atom stereocenters. The molecule has 0 saturated carbocycles. The molecule has 1 aliphatic heterocycles. The van der Waals surface area contributed by atoms with Crippen molar-refractivity contribution < 1.29 is 4.74 Å². The van der Waals surface area contributed by atoms with Crippen LogP contribution in [0.2, 0.25) is 0 Å². The van der Waals surface area contributed by atoms with Crippen LogP contribution in [-0.2, 0) is 4.74 Å². The Bertz CT molecular complexity index is 338. The molecule has 0 spiro atoms. The third-order valence-electron chi connectivity index (χ3n) is 3.38. The van der Waals surface area contributed by atoms with Gasteiger partial charge in [-0.05, 0) is 30.5 Å². The van der Waals surface area contributed by atoms with E-state index in [1.54, 1.807) is 0 Å². The fourth-order valence-corrected chi connectivity index (χ4v) is 2.69. The maximum absolute atomic E-state index is 6.32. The lowest BCUT2D eigenvalue weighted by molar-refractivity contribution is 0.0813. The van der Waals surface area contributed by atoms with Crippen molar-refractivity contribution in [1.29, 1.82) is 0 Å². The predicted molar refractivity (Wildman–Crippen MR) is 69.2 cm³/mol. The summed E-state index contributed by atoms with van der Waals surface area (Å²) < 4.78 is 6.79. The standard InChI is InChI=1S/C13H18BrNO/c1-2-12-11(7-8-16-12)13(15)9-3-5-10(14)6-4-9/h3-6,11-13H,2,7-8,15H2,1H3. The van der Waals surface area contributed by atoms with Crippen LogP contribution in [0.15, 0.2) is 28.7 Å². The highest BCUT2D eigenvalue weighted by Gasteiger charge is 2.32. The van der Waals surface area contributed by atoms with Gasteiger partial charge in [0.2, 0.25) is 0 Å². The van der Waals surface area contributed by atoms with Gasteiger partial charge in [0.05, 0.1) is 6.10 Å². The summed E-state index contributed by atoms with van der Waals surface area (Å²) in [4.78, 5) is 0. The molecule has 2 nitrogen and oxygen atoms in total. The lowest BCUT2D eigenvalue weighted by atomic mass is 9.87. The van der Waals surface area contributed by atoms with Crippen LogP contribution < -0.4 is 5.73 Å². The van der Waals surface area contributed by atoms with Gasteiger partial charge in [-0.15, -0.1) is 0 Å². The summed E-state index contributed by atoms with van der Waals surface area (Å²) in [5.74, 6) is 0.464. The zero-order valence-electron chi connectivity index (χ0n) is 9.53. The molecule has 0 aromatic heterocycles. The Morgan fingerprint density at radius 2 is 2.12 bits per heavy atom. The van der Waals surface area contributed by atoms with E-state index in [0.717, 1.165) is 23.9 Å². The van der Waals surface area contributed by atoms with Gasteiger partial charge >= 0.3 is 0 Å². The highest BCUT2D eigenvalue weighted by molar-refractivity contribution is 9.10. The number of nitrogens with two attached hydrogens (primary N) is 1. The molecule has 1 saturated heterocycles. The van der Waals surface area contributed by atoms with Crippen molar-refractivity contribution in [2.24, 2.45) is 11.7 Å². The van der Waals surface area contributed by atoms with E-state index in [2.05, 4.69) is 35.0 Å². The minimum atomic E-state index is 0.0977. The van der Waals surface area contributed by atoms with E-state index < -0.39 is 0 Å². The van der Waals surface area contributed by atoms with E-state index in [0.29, 0.717) is 12.0 Å². The van der Waals surface area contributed by atoms with E-state index in [4.69, 9.17) is 10.5 Å². The van der Waals surface area contributed by atoms with Gasteiger partial charge < -0.3 is 10.5 Å². The second-order valence-corrected chi connectivity index (χ2v) is 5.26. The number of rotatable bonds is 3. The molecule has 0 radical (unpaired) electrons. The van der Waals surface area contributed by atoms with E-state index in [1.165, 1.54) is 5.56 Å². The van der Waals surface area contributed by atoms with Gasteiger partial charge in [-0.3, -0.25) is 0 Å². The molecule has 2 rings (SSSR count).